The van der Waals surface area contributed by atoms with Gasteiger partial charge in [-0.15, -0.1) is 0 Å². The molecule has 0 unspecified atom stereocenters. The second-order valence-electron chi connectivity index (χ2n) is 4.56. The van der Waals surface area contributed by atoms with Crippen LogP contribution >= 0.6 is 11.6 Å². The topological polar surface area (TPSA) is 20.3 Å². The smallest absolute Gasteiger partial charge is 0.246 e. The van der Waals surface area contributed by atoms with Gasteiger partial charge in [-0.1, -0.05) is 54.1 Å². The average molecular weight is 286 g/mol. The van der Waals surface area contributed by atoms with Crippen molar-refractivity contribution in [3.8, 4) is 0 Å². The lowest BCUT2D eigenvalue weighted by atomic mass is 10.2. The van der Waals surface area contributed by atoms with Gasteiger partial charge in [-0.05, 0) is 29.3 Å². The summed E-state index contributed by atoms with van der Waals surface area (Å²) in [7, 11) is 1.78. The van der Waals surface area contributed by atoms with E-state index < -0.39 is 0 Å². The summed E-state index contributed by atoms with van der Waals surface area (Å²) in [5.74, 6) is -0.0243. The van der Waals surface area contributed by atoms with E-state index >= 15 is 0 Å². The van der Waals surface area contributed by atoms with Gasteiger partial charge < -0.3 is 4.90 Å². The Balaban J connectivity index is 1.95. The molecule has 1 amide bonds. The Morgan fingerprint density at radius 3 is 2.40 bits per heavy atom. The first-order valence-corrected chi connectivity index (χ1v) is 6.75. The summed E-state index contributed by atoms with van der Waals surface area (Å²) in [6.45, 7) is 0.565. The molecule has 0 spiro atoms. The number of hydrogen-bond donors (Lipinski definition) is 0. The molecule has 3 heteroatoms. The highest BCUT2D eigenvalue weighted by molar-refractivity contribution is 6.30. The van der Waals surface area contributed by atoms with Crippen LogP contribution < -0.4 is 0 Å². The van der Waals surface area contributed by atoms with E-state index in [-0.39, 0.29) is 5.91 Å². The number of rotatable bonds is 4. The SMILES string of the molecule is CN(Cc1ccc(Cl)cc1)C(=O)/C=C/c1ccccc1. The van der Waals surface area contributed by atoms with Crippen LogP contribution in [0.3, 0.4) is 0 Å². The maximum absolute atomic E-state index is 12.0. The second-order valence-corrected chi connectivity index (χ2v) is 5.00. The summed E-state index contributed by atoms with van der Waals surface area (Å²) in [4.78, 5) is 13.7. The molecule has 0 saturated carbocycles. The fourth-order valence-corrected chi connectivity index (χ4v) is 1.93. The van der Waals surface area contributed by atoms with Crippen LogP contribution in [0.2, 0.25) is 5.02 Å². The summed E-state index contributed by atoms with van der Waals surface area (Å²) in [6.07, 6.45) is 3.41. The molecular weight excluding hydrogens is 270 g/mol. The molecule has 2 rings (SSSR count). The zero-order valence-electron chi connectivity index (χ0n) is 11.3. The standard InChI is InChI=1S/C17H16ClNO/c1-19(13-15-7-10-16(18)11-8-15)17(20)12-9-14-5-3-2-4-6-14/h2-12H,13H2,1H3/b12-9+. The van der Waals surface area contributed by atoms with E-state index in [0.29, 0.717) is 11.6 Å². The Morgan fingerprint density at radius 1 is 1.10 bits per heavy atom. The Hall–Kier alpha value is -2.06. The van der Waals surface area contributed by atoms with Crippen LogP contribution in [-0.2, 0) is 11.3 Å². The minimum Gasteiger partial charge on any atom is -0.338 e. The number of hydrogen-bond acceptors (Lipinski definition) is 1. The van der Waals surface area contributed by atoms with E-state index in [1.54, 1.807) is 18.0 Å². The van der Waals surface area contributed by atoms with Gasteiger partial charge in [0.15, 0.2) is 0 Å². The second kappa shape index (κ2) is 6.92. The molecule has 0 aliphatic rings. The van der Waals surface area contributed by atoms with Crippen LogP contribution in [0.4, 0.5) is 0 Å². The highest BCUT2D eigenvalue weighted by Crippen LogP contribution is 2.11. The third-order valence-electron chi connectivity index (χ3n) is 2.93. The van der Waals surface area contributed by atoms with Gasteiger partial charge in [0.2, 0.25) is 5.91 Å². The van der Waals surface area contributed by atoms with E-state index in [9.17, 15) is 4.79 Å². The van der Waals surface area contributed by atoms with Gasteiger partial charge in [0.25, 0.3) is 0 Å². The molecule has 0 saturated heterocycles. The molecule has 0 bridgehead atoms. The Labute approximate surface area is 124 Å². The van der Waals surface area contributed by atoms with Crippen molar-refractivity contribution in [2.75, 3.05) is 7.05 Å². The molecule has 0 N–H and O–H groups in total. The lowest BCUT2D eigenvalue weighted by molar-refractivity contribution is -0.125. The highest BCUT2D eigenvalue weighted by Gasteiger charge is 2.05. The van der Waals surface area contributed by atoms with Crippen molar-refractivity contribution in [3.05, 3.63) is 76.8 Å². The molecule has 102 valence electrons. The molecule has 2 aromatic rings. The quantitative estimate of drug-likeness (QED) is 0.777. The predicted molar refractivity (Wildman–Crippen MR) is 83.4 cm³/mol. The van der Waals surface area contributed by atoms with Gasteiger partial charge in [-0.2, -0.15) is 0 Å². The molecule has 2 aromatic carbocycles. The molecule has 0 aliphatic heterocycles. The molecule has 20 heavy (non-hydrogen) atoms. The van der Waals surface area contributed by atoms with Crippen LogP contribution in [0.25, 0.3) is 6.08 Å². The minimum absolute atomic E-state index is 0.0243. The van der Waals surface area contributed by atoms with Crippen molar-refractivity contribution in [2.45, 2.75) is 6.54 Å². The van der Waals surface area contributed by atoms with Crippen LogP contribution in [0.5, 0.6) is 0 Å². The summed E-state index contributed by atoms with van der Waals surface area (Å²) < 4.78 is 0. The summed E-state index contributed by atoms with van der Waals surface area (Å²) in [5.41, 5.74) is 2.07. The van der Waals surface area contributed by atoms with Gasteiger partial charge >= 0.3 is 0 Å². The van der Waals surface area contributed by atoms with E-state index in [4.69, 9.17) is 11.6 Å². The zero-order chi connectivity index (χ0) is 14.4. The van der Waals surface area contributed by atoms with Crippen molar-refractivity contribution in [1.82, 2.24) is 4.90 Å². The van der Waals surface area contributed by atoms with Crippen molar-refractivity contribution >= 4 is 23.6 Å². The molecule has 0 atom stereocenters. The molecule has 0 aliphatic carbocycles. The summed E-state index contributed by atoms with van der Waals surface area (Å²) in [5, 5.41) is 0.701. The zero-order valence-corrected chi connectivity index (χ0v) is 12.0. The molecule has 0 aromatic heterocycles. The largest absolute Gasteiger partial charge is 0.338 e. The maximum Gasteiger partial charge on any atom is 0.246 e. The van der Waals surface area contributed by atoms with Gasteiger partial charge in [-0.25, -0.2) is 0 Å². The average Bonchev–Trinajstić information content (AvgIpc) is 2.48. The number of carbonyl (C=O) groups excluding carboxylic acids is 1. The van der Waals surface area contributed by atoms with Gasteiger partial charge in [0.1, 0.15) is 0 Å². The van der Waals surface area contributed by atoms with Crippen molar-refractivity contribution in [3.63, 3.8) is 0 Å². The maximum atomic E-state index is 12.0. The van der Waals surface area contributed by atoms with Crippen molar-refractivity contribution < 1.29 is 4.79 Å². The fourth-order valence-electron chi connectivity index (χ4n) is 1.80. The van der Waals surface area contributed by atoms with Gasteiger partial charge in [0.05, 0.1) is 0 Å². The highest BCUT2D eigenvalue weighted by atomic mass is 35.5. The minimum atomic E-state index is -0.0243. The van der Waals surface area contributed by atoms with E-state index in [2.05, 4.69) is 0 Å². The number of benzene rings is 2. The van der Waals surface area contributed by atoms with Crippen LogP contribution in [0.1, 0.15) is 11.1 Å². The van der Waals surface area contributed by atoms with Crippen molar-refractivity contribution in [2.24, 2.45) is 0 Å². The van der Waals surface area contributed by atoms with Crippen molar-refractivity contribution in [1.29, 1.82) is 0 Å². The third-order valence-corrected chi connectivity index (χ3v) is 3.18. The first kappa shape index (κ1) is 14.4. The Morgan fingerprint density at radius 2 is 1.75 bits per heavy atom. The molecule has 0 radical (unpaired) electrons. The summed E-state index contributed by atoms with van der Waals surface area (Å²) >= 11 is 5.84. The Bertz CT molecular complexity index is 590. The van der Waals surface area contributed by atoms with Gasteiger partial charge in [0, 0.05) is 24.7 Å². The first-order valence-electron chi connectivity index (χ1n) is 6.38. The van der Waals surface area contributed by atoms with Crippen LogP contribution in [0.15, 0.2) is 60.7 Å². The van der Waals surface area contributed by atoms with E-state index in [0.717, 1.165) is 11.1 Å². The number of halogens is 1. The van der Waals surface area contributed by atoms with E-state index in [1.165, 1.54) is 0 Å². The predicted octanol–water partition coefficient (Wildman–Crippen LogP) is 4.01. The normalized spacial score (nSPS) is 10.7. The van der Waals surface area contributed by atoms with E-state index in [1.807, 2.05) is 60.7 Å². The number of likely N-dealkylation sites (N-methyl/N-ethyl adjacent to an activating group) is 1. The lowest BCUT2D eigenvalue weighted by Gasteiger charge is -2.15. The molecule has 0 fully saturated rings. The van der Waals surface area contributed by atoms with Crippen LogP contribution in [0, 0.1) is 0 Å². The lowest BCUT2D eigenvalue weighted by Crippen LogP contribution is -2.24. The fraction of sp³-hybridized carbons (Fsp3) is 0.118. The monoisotopic (exact) mass is 285 g/mol. The molecule has 0 heterocycles. The molecular formula is C17H16ClNO. The number of carbonyl (C=O) groups is 1. The molecule has 2 nitrogen and oxygen atoms in total. The van der Waals surface area contributed by atoms with Gasteiger partial charge in [-0.3, -0.25) is 4.79 Å². The first-order chi connectivity index (χ1) is 9.65. The summed E-state index contributed by atoms with van der Waals surface area (Å²) in [6, 6.07) is 17.3. The number of nitrogens with zero attached hydrogens (tertiary/aromatic N) is 1. The Kier molecular flexibility index (Phi) is 4.97. The third kappa shape index (κ3) is 4.25. The van der Waals surface area contributed by atoms with Crippen LogP contribution in [-0.4, -0.2) is 17.9 Å². The number of amides is 1.